The molecule has 1 atom stereocenters. The number of carbonyl (C=O) groups is 2. The molecule has 3 amide bonds. The van der Waals surface area contributed by atoms with Crippen LogP contribution < -0.4 is 5.32 Å². The zero-order valence-corrected chi connectivity index (χ0v) is 14.2. The van der Waals surface area contributed by atoms with E-state index in [1.54, 1.807) is 7.11 Å². The van der Waals surface area contributed by atoms with Crippen molar-refractivity contribution in [2.75, 3.05) is 20.2 Å². The zero-order chi connectivity index (χ0) is 10.6. The van der Waals surface area contributed by atoms with Gasteiger partial charge < -0.3 is 0 Å². The van der Waals surface area contributed by atoms with Crippen molar-refractivity contribution in [2.45, 2.75) is 10.0 Å². The summed E-state index contributed by atoms with van der Waals surface area (Å²) in [4.78, 5) is 23.5. The fraction of sp³-hybridized carbons (Fsp3) is 0.714. The zero-order valence-electron chi connectivity index (χ0n) is 7.96. The Kier molecular flexibility index (Phi) is 5.12. The first-order valence-electron chi connectivity index (χ1n) is 4.35. The van der Waals surface area contributed by atoms with Crippen molar-refractivity contribution in [3.8, 4) is 0 Å². The van der Waals surface area contributed by atoms with Crippen molar-refractivity contribution < 1.29 is 37.7 Å². The number of imide groups is 1. The van der Waals surface area contributed by atoms with E-state index in [0.29, 0.717) is 6.54 Å². The van der Waals surface area contributed by atoms with Gasteiger partial charge in [0.05, 0.1) is 0 Å². The quantitative estimate of drug-likeness (QED) is 0.524. The Bertz CT molecular complexity index is 239. The van der Waals surface area contributed by atoms with E-state index in [1.165, 1.54) is 4.90 Å². The Morgan fingerprint density at radius 2 is 2.43 bits per heavy atom. The predicted molar refractivity (Wildman–Crippen MR) is 46.6 cm³/mol. The summed E-state index contributed by atoms with van der Waals surface area (Å²) in [5, 5.41) is 2.22. The molecule has 1 aliphatic heterocycles. The molecular weight excluding hydrogens is 396 g/mol. The number of methoxy groups -OCH3 is 1. The number of ether oxygens (including phenoxy) is 1. The van der Waals surface area contributed by atoms with E-state index < -0.39 is 23.3 Å². The van der Waals surface area contributed by atoms with Gasteiger partial charge in [0, 0.05) is 0 Å². The molecule has 1 unspecified atom stereocenters. The molecule has 7 heteroatoms. The first-order chi connectivity index (χ1) is 6.67. The summed E-state index contributed by atoms with van der Waals surface area (Å²) in [6.07, 6.45) is -0.00850. The fourth-order valence-electron chi connectivity index (χ4n) is 1.28. The Morgan fingerprint density at radius 1 is 1.71 bits per heavy atom. The normalized spacial score (nSPS) is 18.0. The number of nitrogens with one attached hydrogen (secondary N) is 1. The molecule has 0 aromatic carbocycles. The van der Waals surface area contributed by atoms with Crippen molar-refractivity contribution in [1.82, 2.24) is 10.2 Å². The van der Waals surface area contributed by atoms with Gasteiger partial charge in [-0.15, -0.1) is 0 Å². The second kappa shape index (κ2) is 5.87. The molecule has 0 bridgehead atoms. The molecule has 0 radical (unpaired) electrons. The van der Waals surface area contributed by atoms with E-state index in [2.05, 4.69) is 5.32 Å². The molecule has 1 saturated heterocycles. The molecule has 5 nitrogen and oxygen atoms in total. The van der Waals surface area contributed by atoms with E-state index in [4.69, 9.17) is 13.0 Å². The van der Waals surface area contributed by atoms with Gasteiger partial charge in [-0.3, -0.25) is 0 Å². The van der Waals surface area contributed by atoms with Gasteiger partial charge in [-0.05, 0) is 0 Å². The Hall–Kier alpha value is 0.125. The average Bonchev–Trinajstić information content (AvgIpc) is 2.44. The van der Waals surface area contributed by atoms with Gasteiger partial charge >= 0.3 is 98.3 Å². The summed E-state index contributed by atoms with van der Waals surface area (Å²) in [6.45, 7) is 0.596. The predicted octanol–water partition coefficient (Wildman–Crippen LogP) is 0.208. The molecule has 1 heterocycles. The topological polar surface area (TPSA) is 58.6 Å². The maximum atomic E-state index is 11.2. The van der Waals surface area contributed by atoms with E-state index in [-0.39, 0.29) is 24.6 Å². The van der Waals surface area contributed by atoms with Crippen LogP contribution in [0.3, 0.4) is 0 Å². The van der Waals surface area contributed by atoms with Crippen LogP contribution in [0, 0.1) is 0 Å². The minimum absolute atomic E-state index is 0.00850. The van der Waals surface area contributed by atoms with E-state index in [9.17, 15) is 9.59 Å². The van der Waals surface area contributed by atoms with Crippen molar-refractivity contribution in [3.05, 3.63) is 0 Å². The summed E-state index contributed by atoms with van der Waals surface area (Å²) in [7, 11) is 7.38. The SMILES string of the molecule is COC([CH2][Hg][Cl])CN1CC(=O)NC1=O. The number of rotatable bonds is 5. The Labute approximate surface area is 98.0 Å². The number of urea groups is 1. The molecule has 0 aromatic rings. The summed E-state index contributed by atoms with van der Waals surface area (Å²) in [5.41, 5.74) is 0. The summed E-state index contributed by atoms with van der Waals surface area (Å²) in [6, 6.07) is -0.330. The summed E-state index contributed by atoms with van der Waals surface area (Å²) in [5.74, 6) is -0.250. The molecule has 76 valence electrons. The van der Waals surface area contributed by atoms with Crippen LogP contribution in [-0.4, -0.2) is 43.1 Å². The molecule has 1 rings (SSSR count). The van der Waals surface area contributed by atoms with Gasteiger partial charge in [-0.1, -0.05) is 0 Å². The van der Waals surface area contributed by atoms with Gasteiger partial charge in [0.15, 0.2) is 0 Å². The van der Waals surface area contributed by atoms with Gasteiger partial charge in [-0.25, -0.2) is 0 Å². The second-order valence-corrected chi connectivity index (χ2v) is 10.1. The monoisotopic (exact) mass is 408 g/mol. The minimum atomic E-state index is -1.26. The average molecular weight is 407 g/mol. The van der Waals surface area contributed by atoms with Crippen LogP contribution in [0.5, 0.6) is 0 Å². The van der Waals surface area contributed by atoms with Crippen molar-refractivity contribution >= 4 is 20.2 Å². The maximum absolute atomic E-state index is 11.2. The number of hydrogen-bond acceptors (Lipinski definition) is 3. The Morgan fingerprint density at radius 3 is 2.86 bits per heavy atom. The number of hydrogen-bond donors (Lipinski definition) is 1. The molecular formula is C7H11ClHgN2O3. The van der Waals surface area contributed by atoms with Gasteiger partial charge in [-0.2, -0.15) is 0 Å². The summed E-state index contributed by atoms with van der Waals surface area (Å²) >= 11 is -1.26. The molecule has 1 fully saturated rings. The number of carbonyl (C=O) groups excluding carboxylic acids is 2. The Balaban J connectivity index is 2.42. The summed E-state index contributed by atoms with van der Waals surface area (Å²) < 4.78 is 6.06. The number of nitrogens with zero attached hydrogens (tertiary/aromatic N) is 1. The van der Waals surface area contributed by atoms with Crippen LogP contribution in [0.4, 0.5) is 4.79 Å². The molecule has 0 aliphatic carbocycles. The van der Waals surface area contributed by atoms with Crippen molar-refractivity contribution in [3.63, 3.8) is 0 Å². The van der Waals surface area contributed by atoms with E-state index >= 15 is 0 Å². The third-order valence-electron chi connectivity index (χ3n) is 2.06. The second-order valence-electron chi connectivity index (χ2n) is 3.07. The van der Waals surface area contributed by atoms with Crippen LogP contribution >= 0.6 is 8.25 Å². The van der Waals surface area contributed by atoms with Gasteiger partial charge in [0.1, 0.15) is 0 Å². The third kappa shape index (κ3) is 3.36. The van der Waals surface area contributed by atoms with Gasteiger partial charge in [0.2, 0.25) is 0 Å². The molecule has 0 saturated carbocycles. The van der Waals surface area contributed by atoms with Crippen molar-refractivity contribution in [2.24, 2.45) is 0 Å². The molecule has 0 spiro atoms. The number of halogens is 1. The third-order valence-corrected chi connectivity index (χ3v) is 7.32. The standard InChI is InChI=1S/C7H11N2O3.ClH.Hg/c1-5(12-2)3-9-4-6(10)8-7(9)11;;/h5H,1,3-4H2,2H3,(H,8,10,11);1H;/q;;+1/p-1. The van der Waals surface area contributed by atoms with Crippen LogP contribution in [0.2, 0.25) is 3.93 Å². The first-order valence-corrected chi connectivity index (χ1v) is 15.0. The van der Waals surface area contributed by atoms with Crippen LogP contribution in [0.15, 0.2) is 0 Å². The van der Waals surface area contributed by atoms with Crippen LogP contribution in [-0.2, 0) is 32.9 Å². The van der Waals surface area contributed by atoms with Gasteiger partial charge in [0.25, 0.3) is 0 Å². The number of amides is 3. The van der Waals surface area contributed by atoms with Crippen LogP contribution in [0.25, 0.3) is 0 Å². The van der Waals surface area contributed by atoms with Crippen LogP contribution in [0.1, 0.15) is 0 Å². The molecule has 0 aromatic heterocycles. The van der Waals surface area contributed by atoms with Crippen molar-refractivity contribution in [1.29, 1.82) is 0 Å². The van der Waals surface area contributed by atoms with E-state index in [1.807, 2.05) is 0 Å². The van der Waals surface area contributed by atoms with E-state index in [0.717, 1.165) is 3.93 Å². The molecule has 1 aliphatic rings. The fourth-order valence-corrected chi connectivity index (χ4v) is 5.99. The molecule has 1 N–H and O–H groups in total. The first kappa shape index (κ1) is 12.2. The molecule has 14 heavy (non-hydrogen) atoms.